The number of rotatable bonds is 4. The first kappa shape index (κ1) is 13.3. The minimum absolute atomic E-state index is 0.244. The molecule has 1 rings (SSSR count). The molecule has 0 aliphatic rings. The summed E-state index contributed by atoms with van der Waals surface area (Å²) in [7, 11) is 0. The second-order valence-corrected chi connectivity index (χ2v) is 3.40. The van der Waals surface area contributed by atoms with Crippen molar-refractivity contribution in [3.8, 4) is 0 Å². The number of carbonyl (C=O) groups is 1. The fourth-order valence-corrected chi connectivity index (χ4v) is 1.11. The van der Waals surface area contributed by atoms with Gasteiger partial charge in [0.1, 0.15) is 11.6 Å². The number of nitrogen functional groups attached to an aromatic ring is 1. The lowest BCUT2D eigenvalue weighted by Gasteiger charge is -2.10. The van der Waals surface area contributed by atoms with Gasteiger partial charge in [0.2, 0.25) is 0 Å². The fourth-order valence-electron chi connectivity index (χ4n) is 1.11. The molecule has 0 saturated heterocycles. The van der Waals surface area contributed by atoms with Crippen molar-refractivity contribution in [3.63, 3.8) is 0 Å². The molecule has 0 radical (unpaired) electrons. The van der Waals surface area contributed by atoms with Gasteiger partial charge in [-0.15, -0.1) is 0 Å². The number of halogens is 2. The van der Waals surface area contributed by atoms with Gasteiger partial charge < -0.3 is 21.3 Å². The minimum atomic E-state index is -1.14. The quantitative estimate of drug-likeness (QED) is 0.545. The van der Waals surface area contributed by atoms with Crippen LogP contribution in [0.4, 0.5) is 14.5 Å². The van der Waals surface area contributed by atoms with Crippen LogP contribution in [0.15, 0.2) is 12.1 Å². The third-order valence-electron chi connectivity index (χ3n) is 2.04. The van der Waals surface area contributed by atoms with Crippen LogP contribution in [0.25, 0.3) is 0 Å². The maximum Gasteiger partial charge on any atom is 0.254 e. The lowest BCUT2D eigenvalue weighted by Crippen LogP contribution is -2.34. The van der Waals surface area contributed by atoms with E-state index >= 15 is 0 Å². The number of anilines is 1. The summed E-state index contributed by atoms with van der Waals surface area (Å²) < 4.78 is 26.0. The third-order valence-corrected chi connectivity index (χ3v) is 2.04. The number of nitrogens with one attached hydrogen (secondary N) is 1. The molecule has 7 heteroatoms. The van der Waals surface area contributed by atoms with E-state index in [1.165, 1.54) is 0 Å². The Morgan fingerprint density at radius 2 is 2.06 bits per heavy atom. The van der Waals surface area contributed by atoms with Crippen molar-refractivity contribution in [2.45, 2.75) is 6.10 Å². The minimum Gasteiger partial charge on any atom is -0.396 e. The molecular weight excluding hydrogens is 234 g/mol. The number of amides is 1. The van der Waals surface area contributed by atoms with Gasteiger partial charge in [-0.1, -0.05) is 0 Å². The molecule has 0 bridgehead atoms. The van der Waals surface area contributed by atoms with E-state index in [9.17, 15) is 13.6 Å². The highest BCUT2D eigenvalue weighted by Crippen LogP contribution is 2.16. The molecule has 0 fully saturated rings. The molecule has 5 nitrogen and oxygen atoms in total. The van der Waals surface area contributed by atoms with Crippen molar-refractivity contribution < 1.29 is 23.8 Å². The molecule has 5 N–H and O–H groups in total. The molecule has 1 atom stereocenters. The molecule has 0 aliphatic carbocycles. The smallest absolute Gasteiger partial charge is 0.254 e. The Labute approximate surface area is 95.9 Å². The summed E-state index contributed by atoms with van der Waals surface area (Å²) in [5.74, 6) is -2.84. The molecule has 0 spiro atoms. The zero-order chi connectivity index (χ0) is 13.0. The number of hydrogen-bond acceptors (Lipinski definition) is 4. The van der Waals surface area contributed by atoms with Crippen LogP contribution in [0.3, 0.4) is 0 Å². The Morgan fingerprint density at radius 3 is 2.65 bits per heavy atom. The number of hydrogen-bond donors (Lipinski definition) is 4. The third kappa shape index (κ3) is 3.36. The highest BCUT2D eigenvalue weighted by molar-refractivity contribution is 5.95. The Hall–Kier alpha value is -1.73. The van der Waals surface area contributed by atoms with Gasteiger partial charge in [-0.25, -0.2) is 8.78 Å². The average Bonchev–Trinajstić information content (AvgIpc) is 2.30. The number of aliphatic hydroxyl groups excluding tert-OH is 2. The summed E-state index contributed by atoms with van der Waals surface area (Å²) >= 11 is 0. The first-order valence-corrected chi connectivity index (χ1v) is 4.77. The van der Waals surface area contributed by atoms with Crippen molar-refractivity contribution in [2.75, 3.05) is 18.9 Å². The van der Waals surface area contributed by atoms with E-state index < -0.39 is 35.8 Å². The summed E-state index contributed by atoms with van der Waals surface area (Å²) in [5, 5.41) is 19.7. The largest absolute Gasteiger partial charge is 0.396 e. The SMILES string of the molecule is Nc1cc(C(=O)NCC(O)CO)c(F)cc1F. The van der Waals surface area contributed by atoms with E-state index in [4.69, 9.17) is 15.9 Å². The molecule has 0 heterocycles. The van der Waals surface area contributed by atoms with Crippen molar-refractivity contribution >= 4 is 11.6 Å². The Bertz CT molecular complexity index is 426. The van der Waals surface area contributed by atoms with Crippen LogP contribution in [0.1, 0.15) is 10.4 Å². The van der Waals surface area contributed by atoms with E-state index in [1.54, 1.807) is 0 Å². The van der Waals surface area contributed by atoms with Crippen molar-refractivity contribution in [2.24, 2.45) is 0 Å². The second-order valence-electron chi connectivity index (χ2n) is 3.40. The van der Waals surface area contributed by atoms with E-state index in [1.807, 2.05) is 0 Å². The molecule has 1 aromatic rings. The first-order valence-electron chi connectivity index (χ1n) is 4.77. The van der Waals surface area contributed by atoms with Crippen molar-refractivity contribution in [1.29, 1.82) is 0 Å². The summed E-state index contributed by atoms with van der Waals surface area (Å²) in [6.45, 7) is -0.777. The van der Waals surface area contributed by atoms with E-state index in [0.717, 1.165) is 6.07 Å². The van der Waals surface area contributed by atoms with Crippen LogP contribution in [0, 0.1) is 11.6 Å². The van der Waals surface area contributed by atoms with Crippen LogP contribution >= 0.6 is 0 Å². The van der Waals surface area contributed by atoms with Gasteiger partial charge in [0, 0.05) is 12.6 Å². The summed E-state index contributed by atoms with van der Waals surface area (Å²) in [6.07, 6.45) is -1.14. The second kappa shape index (κ2) is 5.55. The van der Waals surface area contributed by atoms with E-state index in [2.05, 4.69) is 5.32 Å². The standard InChI is InChI=1S/C10H12F2N2O3/c11-7-2-8(12)9(13)1-6(7)10(17)14-3-5(16)4-15/h1-2,5,15-16H,3-4,13H2,(H,14,17). The summed E-state index contributed by atoms with van der Waals surface area (Å²) in [6, 6.07) is 1.37. The van der Waals surface area contributed by atoms with E-state index in [-0.39, 0.29) is 12.2 Å². The Morgan fingerprint density at radius 1 is 1.41 bits per heavy atom. The first-order chi connectivity index (χ1) is 7.95. The number of carbonyl (C=O) groups excluding carboxylic acids is 1. The molecule has 1 amide bonds. The average molecular weight is 246 g/mol. The Kier molecular flexibility index (Phi) is 4.36. The van der Waals surface area contributed by atoms with Crippen LogP contribution in [0.5, 0.6) is 0 Å². The van der Waals surface area contributed by atoms with Crippen LogP contribution in [-0.2, 0) is 0 Å². The van der Waals surface area contributed by atoms with Crippen LogP contribution in [-0.4, -0.2) is 35.4 Å². The number of nitrogens with two attached hydrogens (primary N) is 1. The molecule has 0 aromatic heterocycles. The molecule has 0 saturated carbocycles. The van der Waals surface area contributed by atoms with Gasteiger partial charge in [-0.2, -0.15) is 0 Å². The lowest BCUT2D eigenvalue weighted by atomic mass is 10.1. The van der Waals surface area contributed by atoms with Crippen molar-refractivity contribution in [3.05, 3.63) is 29.3 Å². The maximum atomic E-state index is 13.2. The summed E-state index contributed by atoms with van der Waals surface area (Å²) in [4.78, 5) is 11.4. The molecule has 0 aliphatic heterocycles. The van der Waals surface area contributed by atoms with Crippen LogP contribution < -0.4 is 11.1 Å². The fraction of sp³-hybridized carbons (Fsp3) is 0.300. The zero-order valence-electron chi connectivity index (χ0n) is 8.78. The molecular formula is C10H12F2N2O3. The van der Waals surface area contributed by atoms with Gasteiger partial charge in [-0.3, -0.25) is 4.79 Å². The monoisotopic (exact) mass is 246 g/mol. The van der Waals surface area contributed by atoms with Gasteiger partial charge in [-0.05, 0) is 6.07 Å². The summed E-state index contributed by atoms with van der Waals surface area (Å²) in [5.41, 5.74) is 4.43. The van der Waals surface area contributed by atoms with Gasteiger partial charge >= 0.3 is 0 Å². The predicted octanol–water partition coefficient (Wildman–Crippen LogP) is -0.370. The van der Waals surface area contributed by atoms with Crippen LogP contribution in [0.2, 0.25) is 0 Å². The highest BCUT2D eigenvalue weighted by Gasteiger charge is 2.15. The number of aliphatic hydroxyl groups is 2. The predicted molar refractivity (Wildman–Crippen MR) is 56.2 cm³/mol. The highest BCUT2D eigenvalue weighted by atomic mass is 19.1. The van der Waals surface area contributed by atoms with Gasteiger partial charge in [0.15, 0.2) is 0 Å². The maximum absolute atomic E-state index is 13.2. The van der Waals surface area contributed by atoms with Crippen molar-refractivity contribution in [1.82, 2.24) is 5.32 Å². The Balaban J connectivity index is 2.79. The zero-order valence-corrected chi connectivity index (χ0v) is 8.78. The number of benzene rings is 1. The normalized spacial score (nSPS) is 12.2. The van der Waals surface area contributed by atoms with Gasteiger partial charge in [0.05, 0.1) is 24.0 Å². The lowest BCUT2D eigenvalue weighted by molar-refractivity contribution is 0.0799. The molecule has 1 unspecified atom stereocenters. The topological polar surface area (TPSA) is 95.6 Å². The molecule has 94 valence electrons. The van der Waals surface area contributed by atoms with E-state index in [0.29, 0.717) is 6.07 Å². The molecule has 17 heavy (non-hydrogen) atoms. The van der Waals surface area contributed by atoms with Gasteiger partial charge in [0.25, 0.3) is 5.91 Å². The molecule has 1 aromatic carbocycles.